The van der Waals surface area contributed by atoms with Crippen molar-refractivity contribution in [1.82, 2.24) is 29.0 Å². The average molecular weight is 614 g/mol. The number of aryl methyl sites for hydroxylation is 2. The summed E-state index contributed by atoms with van der Waals surface area (Å²) in [6.07, 6.45) is 9.12. The molecule has 236 valence electrons. The van der Waals surface area contributed by atoms with Gasteiger partial charge in [0.05, 0.1) is 23.8 Å². The van der Waals surface area contributed by atoms with Crippen molar-refractivity contribution in [3.8, 4) is 11.8 Å². The lowest BCUT2D eigenvalue weighted by Crippen LogP contribution is -2.31. The number of hydrogen-bond donors (Lipinski definition) is 1. The molecule has 1 aliphatic heterocycles. The number of Topliss-reactive ketones (excluding diaryl/α,β-unsaturated/α-hetero) is 1. The van der Waals surface area contributed by atoms with Crippen LogP contribution >= 0.6 is 0 Å². The summed E-state index contributed by atoms with van der Waals surface area (Å²) in [4.78, 5) is 22.9. The van der Waals surface area contributed by atoms with E-state index >= 15 is 0 Å². The van der Waals surface area contributed by atoms with Crippen LogP contribution in [-0.2, 0) is 13.0 Å². The first-order valence-electron chi connectivity index (χ1n) is 16.0. The first-order valence-corrected chi connectivity index (χ1v) is 16.0. The predicted octanol–water partition coefficient (Wildman–Crippen LogP) is 6.43. The second kappa shape index (κ2) is 13.3. The van der Waals surface area contributed by atoms with Crippen molar-refractivity contribution in [3.05, 3.63) is 112 Å². The van der Waals surface area contributed by atoms with Crippen LogP contribution in [0.1, 0.15) is 70.2 Å². The smallest absolute Gasteiger partial charge is 0.167 e. The van der Waals surface area contributed by atoms with Gasteiger partial charge in [-0.1, -0.05) is 36.3 Å². The number of nitrogens with zero attached hydrogens (tertiary/aromatic N) is 6. The Bertz CT molecular complexity index is 1940. The van der Waals surface area contributed by atoms with Crippen LogP contribution in [0.15, 0.2) is 73.3 Å². The number of aromatic nitrogens is 4. The maximum absolute atomic E-state index is 13.4. The van der Waals surface area contributed by atoms with E-state index in [0.29, 0.717) is 18.0 Å². The number of hydrogen-bond acceptors (Lipinski definition) is 6. The Labute approximate surface area is 272 Å². The van der Waals surface area contributed by atoms with E-state index < -0.39 is 0 Å². The van der Waals surface area contributed by atoms with E-state index in [0.717, 1.165) is 59.0 Å². The van der Waals surface area contributed by atoms with Crippen LogP contribution in [0.25, 0.3) is 5.65 Å². The maximum Gasteiger partial charge on any atom is 0.167 e. The zero-order valence-electron chi connectivity index (χ0n) is 27.7. The van der Waals surface area contributed by atoms with Gasteiger partial charge in [-0.2, -0.15) is 5.10 Å². The normalized spacial score (nSPS) is 15.1. The number of fused-ring (bicyclic) bond motifs is 1. The number of nitrogens with one attached hydrogen (secondary N) is 1. The largest absolute Gasteiger partial charge is 0.350 e. The van der Waals surface area contributed by atoms with Crippen molar-refractivity contribution in [2.75, 3.05) is 32.5 Å². The minimum Gasteiger partial charge on any atom is -0.350 e. The molecule has 5 aromatic rings. The maximum atomic E-state index is 13.4. The fourth-order valence-electron chi connectivity index (χ4n) is 6.05. The second-order valence-corrected chi connectivity index (χ2v) is 13.0. The molecule has 0 radical (unpaired) electrons. The first-order chi connectivity index (χ1) is 22.1. The third kappa shape index (κ3) is 6.91. The molecule has 1 saturated heterocycles. The third-order valence-corrected chi connectivity index (χ3v) is 8.97. The Morgan fingerprint density at radius 1 is 1.07 bits per heavy atom. The van der Waals surface area contributed by atoms with Gasteiger partial charge in [0, 0.05) is 61.7 Å². The highest BCUT2D eigenvalue weighted by atomic mass is 16.1. The SMILES string of the molecule is Cc1ccc(C(=O)Cc2ccc(CN3CCC(N(C)C)C3)c(C)c2)cc1C#Cc1cnc2c(Nc3cnn(C(C)C)c3)cccn12. The molecule has 0 spiro atoms. The molecule has 1 fully saturated rings. The molecule has 1 unspecified atom stereocenters. The van der Waals surface area contributed by atoms with E-state index in [2.05, 4.69) is 90.1 Å². The van der Waals surface area contributed by atoms with Crippen LogP contribution in [0.3, 0.4) is 0 Å². The Kier molecular flexibility index (Phi) is 9.07. The summed E-state index contributed by atoms with van der Waals surface area (Å²) in [5, 5.41) is 7.85. The molecule has 8 nitrogen and oxygen atoms in total. The minimum absolute atomic E-state index is 0.0925. The lowest BCUT2D eigenvalue weighted by molar-refractivity contribution is 0.0993. The molecular formula is C38H43N7O. The summed E-state index contributed by atoms with van der Waals surface area (Å²) < 4.78 is 3.89. The zero-order chi connectivity index (χ0) is 32.4. The van der Waals surface area contributed by atoms with E-state index in [1.165, 1.54) is 17.5 Å². The molecule has 0 saturated carbocycles. The van der Waals surface area contributed by atoms with Gasteiger partial charge >= 0.3 is 0 Å². The highest BCUT2D eigenvalue weighted by molar-refractivity contribution is 5.98. The number of pyridine rings is 1. The van der Waals surface area contributed by atoms with E-state index in [1.807, 2.05) is 64.9 Å². The van der Waals surface area contributed by atoms with Gasteiger partial charge in [0.2, 0.25) is 0 Å². The van der Waals surface area contributed by atoms with Gasteiger partial charge < -0.3 is 10.2 Å². The molecule has 1 N–H and O–H groups in total. The summed E-state index contributed by atoms with van der Waals surface area (Å²) in [7, 11) is 4.33. The van der Waals surface area contributed by atoms with E-state index in [-0.39, 0.29) is 11.8 Å². The number of likely N-dealkylation sites (N-methyl/N-ethyl adjacent to an activating group) is 1. The number of carbonyl (C=O) groups is 1. The molecule has 0 amide bonds. The van der Waals surface area contributed by atoms with Gasteiger partial charge in [0.1, 0.15) is 5.69 Å². The fraction of sp³-hybridized carbons (Fsp3) is 0.342. The van der Waals surface area contributed by atoms with Crippen molar-refractivity contribution in [3.63, 3.8) is 0 Å². The number of imidazole rings is 1. The van der Waals surface area contributed by atoms with Crippen molar-refractivity contribution >= 4 is 22.8 Å². The van der Waals surface area contributed by atoms with Crippen LogP contribution in [0.4, 0.5) is 11.4 Å². The summed E-state index contributed by atoms with van der Waals surface area (Å²) in [6.45, 7) is 11.6. The van der Waals surface area contributed by atoms with Crippen molar-refractivity contribution < 1.29 is 4.79 Å². The number of likely N-dealkylation sites (tertiary alicyclic amines) is 1. The predicted molar refractivity (Wildman–Crippen MR) is 185 cm³/mol. The summed E-state index contributed by atoms with van der Waals surface area (Å²) in [6, 6.07) is 17.2. The third-order valence-electron chi connectivity index (χ3n) is 8.97. The molecule has 4 heterocycles. The molecule has 1 aliphatic rings. The van der Waals surface area contributed by atoms with Crippen LogP contribution in [0.5, 0.6) is 0 Å². The number of rotatable bonds is 9. The minimum atomic E-state index is 0.0925. The first kappa shape index (κ1) is 31.3. The molecule has 3 aromatic heterocycles. The topological polar surface area (TPSA) is 70.7 Å². The molecule has 0 bridgehead atoms. The highest BCUT2D eigenvalue weighted by Gasteiger charge is 2.24. The van der Waals surface area contributed by atoms with Gasteiger partial charge in [-0.15, -0.1) is 0 Å². The Morgan fingerprint density at radius 2 is 1.91 bits per heavy atom. The number of ketones is 1. The van der Waals surface area contributed by atoms with E-state index in [9.17, 15) is 4.79 Å². The Hall–Kier alpha value is -4.71. The second-order valence-electron chi connectivity index (χ2n) is 13.0. The zero-order valence-corrected chi connectivity index (χ0v) is 27.7. The van der Waals surface area contributed by atoms with Gasteiger partial charge in [-0.3, -0.25) is 18.8 Å². The van der Waals surface area contributed by atoms with Crippen molar-refractivity contribution in [2.45, 2.75) is 59.2 Å². The fourth-order valence-corrected chi connectivity index (χ4v) is 6.05. The number of carbonyl (C=O) groups excluding carboxylic acids is 1. The molecule has 46 heavy (non-hydrogen) atoms. The van der Waals surface area contributed by atoms with Gasteiger partial charge in [-0.25, -0.2) is 4.98 Å². The number of benzene rings is 2. The Balaban J connectivity index is 1.15. The summed E-state index contributed by atoms with van der Waals surface area (Å²) in [5.74, 6) is 6.69. The lowest BCUT2D eigenvalue weighted by atomic mass is 9.97. The van der Waals surface area contributed by atoms with Gasteiger partial charge in [0.15, 0.2) is 11.4 Å². The molecular weight excluding hydrogens is 570 g/mol. The van der Waals surface area contributed by atoms with E-state index in [1.54, 1.807) is 6.20 Å². The van der Waals surface area contributed by atoms with Crippen LogP contribution in [0.2, 0.25) is 0 Å². The quantitative estimate of drug-likeness (QED) is 0.153. The van der Waals surface area contributed by atoms with Crippen molar-refractivity contribution in [2.24, 2.45) is 0 Å². The van der Waals surface area contributed by atoms with Gasteiger partial charge in [0.25, 0.3) is 0 Å². The van der Waals surface area contributed by atoms with Crippen molar-refractivity contribution in [1.29, 1.82) is 0 Å². The number of anilines is 2. The van der Waals surface area contributed by atoms with Crippen LogP contribution < -0.4 is 5.32 Å². The molecule has 2 aromatic carbocycles. The van der Waals surface area contributed by atoms with E-state index in [4.69, 9.17) is 0 Å². The van der Waals surface area contributed by atoms with Gasteiger partial charge in [-0.05, 0) is 94.6 Å². The molecule has 0 aliphatic carbocycles. The van der Waals surface area contributed by atoms with Crippen LogP contribution in [-0.4, -0.2) is 68.0 Å². The molecule has 8 heteroatoms. The summed E-state index contributed by atoms with van der Waals surface area (Å²) >= 11 is 0. The Morgan fingerprint density at radius 3 is 2.65 bits per heavy atom. The standard InChI is InChI=1S/C38H43N7O/c1-26(2)45-24-33(21-40-45)41-36-8-7-16-44-34(22-39-38(36)44)14-13-30-20-31(11-9-27(30)3)37(46)19-29-10-12-32(28(4)18-29)23-43-17-15-35(25-43)42(5)6/h7-12,16,18,20-22,24,26,35,41H,15,17,19,23,25H2,1-6H3. The van der Waals surface area contributed by atoms with Crippen LogP contribution in [0, 0.1) is 25.7 Å². The average Bonchev–Trinajstić information content (AvgIpc) is 3.79. The molecule has 6 rings (SSSR count). The summed E-state index contributed by atoms with van der Waals surface area (Å²) in [5.41, 5.74) is 9.49. The molecule has 1 atom stereocenters. The highest BCUT2D eigenvalue weighted by Crippen LogP contribution is 2.23. The lowest BCUT2D eigenvalue weighted by Gasteiger charge is -2.21. The monoisotopic (exact) mass is 613 g/mol.